The maximum absolute atomic E-state index is 12.6. The molecule has 2 aromatic heterocycles. The fourth-order valence-electron chi connectivity index (χ4n) is 3.22. The van der Waals surface area contributed by atoms with Crippen LogP contribution in [0.5, 0.6) is 0 Å². The smallest absolute Gasteiger partial charge is 0.331 e. The molecule has 1 fully saturated rings. The summed E-state index contributed by atoms with van der Waals surface area (Å²) < 4.78 is 3.18. The minimum atomic E-state index is -0.401. The van der Waals surface area contributed by atoms with Crippen molar-refractivity contribution < 1.29 is 4.79 Å². The predicted molar refractivity (Wildman–Crippen MR) is 91.0 cm³/mol. The van der Waals surface area contributed by atoms with E-state index in [2.05, 4.69) is 6.92 Å². The molecule has 3 rings (SSSR count). The molecule has 0 saturated carbocycles. The number of carbonyl (C=O) groups is 1. The summed E-state index contributed by atoms with van der Waals surface area (Å²) in [7, 11) is 0. The van der Waals surface area contributed by atoms with Gasteiger partial charge >= 0.3 is 5.69 Å². The molecule has 6 nitrogen and oxygen atoms in total. The van der Waals surface area contributed by atoms with E-state index in [-0.39, 0.29) is 18.0 Å². The second kappa shape index (κ2) is 6.31. The first-order valence-electron chi connectivity index (χ1n) is 8.01. The molecule has 0 unspecified atom stereocenters. The van der Waals surface area contributed by atoms with Crippen LogP contribution in [0.25, 0.3) is 10.2 Å². The molecule has 1 aliphatic rings. The Morgan fingerprint density at radius 1 is 1.35 bits per heavy atom. The normalized spacial score (nSPS) is 18.5. The molecule has 124 valence electrons. The van der Waals surface area contributed by atoms with Crippen molar-refractivity contribution in [2.45, 2.75) is 39.8 Å². The Balaban J connectivity index is 2.00. The van der Waals surface area contributed by atoms with Crippen molar-refractivity contribution in [3.63, 3.8) is 0 Å². The van der Waals surface area contributed by atoms with Crippen LogP contribution in [0.15, 0.2) is 21.0 Å². The van der Waals surface area contributed by atoms with E-state index in [4.69, 9.17) is 0 Å². The van der Waals surface area contributed by atoms with Crippen molar-refractivity contribution >= 4 is 27.5 Å². The Hall–Kier alpha value is -1.89. The summed E-state index contributed by atoms with van der Waals surface area (Å²) in [5.74, 6) is 0.447. The SMILES string of the molecule is CCn1c(=O)c2sccc2n(CC(=O)N2CCC[C@H](C)C2)c1=O. The van der Waals surface area contributed by atoms with Crippen LogP contribution < -0.4 is 11.2 Å². The Labute approximate surface area is 138 Å². The van der Waals surface area contributed by atoms with Crippen LogP contribution in [0, 0.1) is 5.92 Å². The van der Waals surface area contributed by atoms with Crippen LogP contribution in [-0.2, 0) is 17.9 Å². The fraction of sp³-hybridized carbons (Fsp3) is 0.562. The van der Waals surface area contributed by atoms with Gasteiger partial charge in [0, 0.05) is 19.6 Å². The van der Waals surface area contributed by atoms with Gasteiger partial charge in [0.25, 0.3) is 5.56 Å². The summed E-state index contributed by atoms with van der Waals surface area (Å²) in [5.41, 5.74) is -0.104. The van der Waals surface area contributed by atoms with Gasteiger partial charge in [-0.25, -0.2) is 4.79 Å². The highest BCUT2D eigenvalue weighted by Gasteiger charge is 2.23. The predicted octanol–water partition coefficient (Wildman–Crippen LogP) is 1.50. The number of fused-ring (bicyclic) bond motifs is 1. The quantitative estimate of drug-likeness (QED) is 0.854. The lowest BCUT2D eigenvalue weighted by Crippen LogP contribution is -2.45. The second-order valence-corrected chi connectivity index (χ2v) is 7.06. The fourth-order valence-corrected chi connectivity index (χ4v) is 4.06. The Morgan fingerprint density at radius 3 is 2.83 bits per heavy atom. The first kappa shape index (κ1) is 16.0. The first-order chi connectivity index (χ1) is 11.0. The van der Waals surface area contributed by atoms with Gasteiger partial charge in [0.15, 0.2) is 0 Å². The number of hydrogen-bond donors (Lipinski definition) is 0. The van der Waals surface area contributed by atoms with Gasteiger partial charge in [0.1, 0.15) is 11.2 Å². The molecule has 0 spiro atoms. The Morgan fingerprint density at radius 2 is 2.13 bits per heavy atom. The van der Waals surface area contributed by atoms with Crippen molar-refractivity contribution in [3.8, 4) is 0 Å². The van der Waals surface area contributed by atoms with Gasteiger partial charge in [-0.3, -0.25) is 18.7 Å². The van der Waals surface area contributed by atoms with Crippen molar-refractivity contribution in [1.29, 1.82) is 0 Å². The lowest BCUT2D eigenvalue weighted by atomic mass is 10.0. The van der Waals surface area contributed by atoms with Crippen molar-refractivity contribution in [3.05, 3.63) is 32.3 Å². The molecule has 0 radical (unpaired) electrons. The Bertz CT molecular complexity index is 848. The summed E-state index contributed by atoms with van der Waals surface area (Å²) in [4.78, 5) is 39.3. The molecule has 0 aromatic carbocycles. The molecule has 7 heteroatoms. The van der Waals surface area contributed by atoms with Gasteiger partial charge in [-0.05, 0) is 37.1 Å². The van der Waals surface area contributed by atoms with Gasteiger partial charge in [0.2, 0.25) is 5.91 Å². The average Bonchev–Trinajstić information content (AvgIpc) is 3.01. The highest BCUT2D eigenvalue weighted by Crippen LogP contribution is 2.18. The number of amides is 1. The third-order valence-corrected chi connectivity index (χ3v) is 5.35. The van der Waals surface area contributed by atoms with E-state index in [0.717, 1.165) is 25.9 Å². The summed E-state index contributed by atoms with van der Waals surface area (Å²) in [5, 5.41) is 1.79. The third kappa shape index (κ3) is 2.85. The molecular weight excluding hydrogens is 314 g/mol. The average molecular weight is 335 g/mol. The highest BCUT2D eigenvalue weighted by atomic mass is 32.1. The zero-order chi connectivity index (χ0) is 16.6. The topological polar surface area (TPSA) is 64.3 Å². The van der Waals surface area contributed by atoms with E-state index in [1.165, 1.54) is 20.5 Å². The highest BCUT2D eigenvalue weighted by molar-refractivity contribution is 7.17. The van der Waals surface area contributed by atoms with E-state index in [1.54, 1.807) is 18.4 Å². The molecule has 1 amide bonds. The zero-order valence-corrected chi connectivity index (χ0v) is 14.3. The second-order valence-electron chi connectivity index (χ2n) is 6.14. The van der Waals surface area contributed by atoms with E-state index in [0.29, 0.717) is 22.7 Å². The molecule has 1 saturated heterocycles. The van der Waals surface area contributed by atoms with Crippen LogP contribution >= 0.6 is 11.3 Å². The molecule has 23 heavy (non-hydrogen) atoms. The minimum Gasteiger partial charge on any atom is -0.341 e. The van der Waals surface area contributed by atoms with Gasteiger partial charge in [-0.1, -0.05) is 6.92 Å². The van der Waals surface area contributed by atoms with Crippen molar-refractivity contribution in [1.82, 2.24) is 14.0 Å². The van der Waals surface area contributed by atoms with Crippen LogP contribution in [0.1, 0.15) is 26.7 Å². The summed E-state index contributed by atoms with van der Waals surface area (Å²) in [6, 6.07) is 1.74. The number of nitrogens with zero attached hydrogens (tertiary/aromatic N) is 3. The minimum absolute atomic E-state index is 0.000926. The lowest BCUT2D eigenvalue weighted by Gasteiger charge is -2.31. The van der Waals surface area contributed by atoms with Crippen LogP contribution in [0.4, 0.5) is 0 Å². The van der Waals surface area contributed by atoms with Crippen molar-refractivity contribution in [2.75, 3.05) is 13.1 Å². The van der Waals surface area contributed by atoms with Gasteiger partial charge in [0.05, 0.1) is 5.52 Å². The third-order valence-electron chi connectivity index (χ3n) is 4.46. The van der Waals surface area contributed by atoms with Crippen molar-refractivity contribution in [2.24, 2.45) is 5.92 Å². The molecule has 1 aliphatic heterocycles. The maximum atomic E-state index is 12.6. The standard InChI is InChI=1S/C16H21N3O3S/c1-3-18-15(21)14-12(6-8-23-14)19(16(18)22)10-13(20)17-7-4-5-11(2)9-17/h6,8,11H,3-5,7,9-10H2,1-2H3/t11-/m0/s1. The van der Waals surface area contributed by atoms with E-state index < -0.39 is 5.69 Å². The number of aromatic nitrogens is 2. The maximum Gasteiger partial charge on any atom is 0.331 e. The number of thiophene rings is 1. The number of piperidine rings is 1. The number of rotatable bonds is 3. The molecular formula is C16H21N3O3S. The monoisotopic (exact) mass is 335 g/mol. The number of likely N-dealkylation sites (tertiary alicyclic amines) is 1. The van der Waals surface area contributed by atoms with E-state index in [9.17, 15) is 14.4 Å². The Kier molecular flexibility index (Phi) is 4.39. The zero-order valence-electron chi connectivity index (χ0n) is 13.4. The molecule has 2 aromatic rings. The van der Waals surface area contributed by atoms with Gasteiger partial charge < -0.3 is 4.90 Å². The molecule has 0 bridgehead atoms. The van der Waals surface area contributed by atoms with Gasteiger partial charge in [-0.2, -0.15) is 0 Å². The van der Waals surface area contributed by atoms with Crippen LogP contribution in [0.2, 0.25) is 0 Å². The molecule has 0 N–H and O–H groups in total. The largest absolute Gasteiger partial charge is 0.341 e. The van der Waals surface area contributed by atoms with Gasteiger partial charge in [-0.15, -0.1) is 11.3 Å². The number of hydrogen-bond acceptors (Lipinski definition) is 4. The lowest BCUT2D eigenvalue weighted by molar-refractivity contribution is -0.133. The van der Waals surface area contributed by atoms with Crippen LogP contribution in [0.3, 0.4) is 0 Å². The van der Waals surface area contributed by atoms with Crippen LogP contribution in [-0.4, -0.2) is 33.0 Å². The summed E-state index contributed by atoms with van der Waals surface area (Å²) in [6.45, 7) is 5.70. The van der Waals surface area contributed by atoms with E-state index >= 15 is 0 Å². The van der Waals surface area contributed by atoms with E-state index in [1.807, 2.05) is 4.90 Å². The first-order valence-corrected chi connectivity index (χ1v) is 8.89. The molecule has 3 heterocycles. The molecule has 1 atom stereocenters. The number of carbonyl (C=O) groups excluding carboxylic acids is 1. The summed E-state index contributed by atoms with van der Waals surface area (Å²) >= 11 is 1.31. The molecule has 0 aliphatic carbocycles. The summed E-state index contributed by atoms with van der Waals surface area (Å²) in [6.07, 6.45) is 2.14.